The van der Waals surface area contributed by atoms with E-state index < -0.39 is 23.2 Å². The van der Waals surface area contributed by atoms with E-state index in [-0.39, 0.29) is 24.0 Å². The van der Waals surface area contributed by atoms with Gasteiger partial charge in [-0.2, -0.15) is 0 Å². The van der Waals surface area contributed by atoms with Crippen molar-refractivity contribution in [3.8, 4) is 16.9 Å². The van der Waals surface area contributed by atoms with Crippen molar-refractivity contribution in [2.24, 2.45) is 0 Å². The minimum Gasteiger partial charge on any atom is -0.490 e. The Morgan fingerprint density at radius 1 is 1.05 bits per heavy atom. The SMILES string of the molecule is O=C(c1cc(F)c(F)c(F)c1)c1c[nH]c2c(-c3c(Cl)cccc3OCCOC3CCCCO3)cccc12. The highest BCUT2D eigenvalue weighted by molar-refractivity contribution is 6.34. The average molecular weight is 530 g/mol. The molecule has 0 aliphatic carbocycles. The number of carbonyl (C=O) groups excluding carboxylic acids is 1. The summed E-state index contributed by atoms with van der Waals surface area (Å²) in [5.41, 5.74) is 1.75. The van der Waals surface area contributed by atoms with Gasteiger partial charge in [0.2, 0.25) is 0 Å². The van der Waals surface area contributed by atoms with Crippen molar-refractivity contribution < 1.29 is 32.2 Å². The monoisotopic (exact) mass is 529 g/mol. The Morgan fingerprint density at radius 2 is 1.84 bits per heavy atom. The quantitative estimate of drug-likeness (QED) is 0.151. The lowest BCUT2D eigenvalue weighted by atomic mass is 9.98. The number of nitrogens with one attached hydrogen (secondary N) is 1. The molecule has 1 aliphatic heterocycles. The highest BCUT2D eigenvalue weighted by Gasteiger charge is 2.22. The molecule has 0 bridgehead atoms. The molecule has 0 amide bonds. The second-order valence-corrected chi connectivity index (χ2v) is 9.05. The minimum absolute atomic E-state index is 0.178. The summed E-state index contributed by atoms with van der Waals surface area (Å²) in [7, 11) is 0. The number of aromatic nitrogens is 1. The van der Waals surface area contributed by atoms with E-state index >= 15 is 0 Å². The number of aromatic amines is 1. The molecule has 4 aromatic rings. The normalized spacial score (nSPS) is 15.7. The lowest BCUT2D eigenvalue weighted by Crippen LogP contribution is -2.24. The minimum atomic E-state index is -1.62. The largest absolute Gasteiger partial charge is 0.490 e. The summed E-state index contributed by atoms with van der Waals surface area (Å²) in [5, 5.41) is 0.947. The Morgan fingerprint density at radius 3 is 2.59 bits per heavy atom. The number of benzene rings is 3. The first-order valence-corrected chi connectivity index (χ1v) is 12.3. The lowest BCUT2D eigenvalue weighted by molar-refractivity contribution is -0.165. The van der Waals surface area contributed by atoms with E-state index in [0.29, 0.717) is 58.1 Å². The number of H-pyrrole nitrogens is 1. The third kappa shape index (κ3) is 5.23. The van der Waals surface area contributed by atoms with Crippen LogP contribution < -0.4 is 4.74 Å². The van der Waals surface area contributed by atoms with Crippen molar-refractivity contribution in [3.05, 3.63) is 88.3 Å². The average Bonchev–Trinajstić information content (AvgIpc) is 3.34. The van der Waals surface area contributed by atoms with Crippen LogP contribution >= 0.6 is 11.6 Å². The van der Waals surface area contributed by atoms with Crippen LogP contribution in [0.1, 0.15) is 35.2 Å². The summed E-state index contributed by atoms with van der Waals surface area (Å²) in [4.78, 5) is 16.1. The number of ether oxygens (including phenoxy) is 3. The fourth-order valence-corrected chi connectivity index (χ4v) is 4.72. The van der Waals surface area contributed by atoms with Crippen molar-refractivity contribution in [1.29, 1.82) is 0 Å². The summed E-state index contributed by atoms with van der Waals surface area (Å²) in [6.07, 6.45) is 4.19. The van der Waals surface area contributed by atoms with Crippen molar-refractivity contribution in [3.63, 3.8) is 0 Å². The number of hydrogen-bond donors (Lipinski definition) is 1. The van der Waals surface area contributed by atoms with Crippen molar-refractivity contribution in [1.82, 2.24) is 4.98 Å². The van der Waals surface area contributed by atoms with Gasteiger partial charge in [-0.3, -0.25) is 4.79 Å². The maximum atomic E-state index is 13.7. The zero-order valence-corrected chi connectivity index (χ0v) is 20.4. The molecule has 1 unspecified atom stereocenters. The Bertz CT molecular complexity index is 1430. The van der Waals surface area contributed by atoms with Crippen LogP contribution in [0, 0.1) is 17.5 Å². The molecule has 5 nitrogen and oxygen atoms in total. The number of halogens is 4. The molecule has 1 fully saturated rings. The first-order chi connectivity index (χ1) is 17.9. The van der Waals surface area contributed by atoms with Crippen LogP contribution in [-0.2, 0) is 9.47 Å². The molecule has 0 spiro atoms. The molecule has 0 saturated carbocycles. The molecule has 1 atom stereocenters. The molecule has 1 aliphatic rings. The second-order valence-electron chi connectivity index (χ2n) is 8.64. The smallest absolute Gasteiger partial charge is 0.195 e. The van der Waals surface area contributed by atoms with Crippen LogP contribution in [0.3, 0.4) is 0 Å². The number of carbonyl (C=O) groups is 1. The molecule has 3 aromatic carbocycles. The van der Waals surface area contributed by atoms with Crippen molar-refractivity contribution >= 4 is 28.3 Å². The fraction of sp³-hybridized carbons (Fsp3) is 0.250. The predicted octanol–water partition coefficient (Wildman–Crippen LogP) is 7.06. The van der Waals surface area contributed by atoms with Gasteiger partial charge < -0.3 is 19.2 Å². The van der Waals surface area contributed by atoms with Crippen LogP contribution in [0.25, 0.3) is 22.0 Å². The number of ketones is 1. The summed E-state index contributed by atoms with van der Waals surface area (Å²) in [5.74, 6) is -4.61. The van der Waals surface area contributed by atoms with E-state index in [1.807, 2.05) is 6.07 Å². The summed E-state index contributed by atoms with van der Waals surface area (Å²) in [6.45, 7) is 1.31. The molecule has 1 saturated heterocycles. The maximum Gasteiger partial charge on any atom is 0.195 e. The highest BCUT2D eigenvalue weighted by atomic mass is 35.5. The van der Waals surface area contributed by atoms with Crippen LogP contribution in [0.15, 0.2) is 54.7 Å². The molecular formula is C28H23ClF3NO4. The van der Waals surface area contributed by atoms with Gasteiger partial charge >= 0.3 is 0 Å². The van der Waals surface area contributed by atoms with Gasteiger partial charge in [0, 0.05) is 40.4 Å². The van der Waals surface area contributed by atoms with Gasteiger partial charge in [0.05, 0.1) is 17.1 Å². The second kappa shape index (κ2) is 11.0. The fourth-order valence-electron chi connectivity index (χ4n) is 4.45. The van der Waals surface area contributed by atoms with Gasteiger partial charge in [0.15, 0.2) is 29.5 Å². The number of para-hydroxylation sites is 1. The van der Waals surface area contributed by atoms with Gasteiger partial charge in [0.1, 0.15) is 12.4 Å². The molecule has 2 heterocycles. The van der Waals surface area contributed by atoms with E-state index in [9.17, 15) is 18.0 Å². The molecule has 0 radical (unpaired) electrons. The van der Waals surface area contributed by atoms with Crippen LogP contribution in [-0.4, -0.2) is 36.9 Å². The zero-order chi connectivity index (χ0) is 25.9. The number of fused-ring (bicyclic) bond motifs is 1. The van der Waals surface area contributed by atoms with E-state index in [0.717, 1.165) is 19.3 Å². The van der Waals surface area contributed by atoms with Gasteiger partial charge in [-0.1, -0.05) is 35.9 Å². The Kier molecular flexibility index (Phi) is 7.50. The molecule has 9 heteroatoms. The van der Waals surface area contributed by atoms with E-state index in [2.05, 4.69) is 4.98 Å². The Balaban J connectivity index is 1.43. The van der Waals surface area contributed by atoms with E-state index in [4.69, 9.17) is 25.8 Å². The van der Waals surface area contributed by atoms with Gasteiger partial charge in [0.25, 0.3) is 0 Å². The van der Waals surface area contributed by atoms with Crippen molar-refractivity contribution in [2.75, 3.05) is 19.8 Å². The topological polar surface area (TPSA) is 60.6 Å². The first kappa shape index (κ1) is 25.3. The van der Waals surface area contributed by atoms with Crippen LogP contribution in [0.5, 0.6) is 5.75 Å². The van der Waals surface area contributed by atoms with Gasteiger partial charge in [-0.15, -0.1) is 0 Å². The van der Waals surface area contributed by atoms with Crippen molar-refractivity contribution in [2.45, 2.75) is 25.6 Å². The highest BCUT2D eigenvalue weighted by Crippen LogP contribution is 2.40. The van der Waals surface area contributed by atoms with E-state index in [1.165, 1.54) is 6.20 Å². The van der Waals surface area contributed by atoms with Crippen LogP contribution in [0.4, 0.5) is 13.2 Å². The molecule has 37 heavy (non-hydrogen) atoms. The summed E-state index contributed by atoms with van der Waals surface area (Å²) in [6, 6.07) is 11.9. The Hall–Kier alpha value is -3.33. The zero-order valence-electron chi connectivity index (χ0n) is 19.7. The molecule has 192 valence electrons. The third-order valence-corrected chi connectivity index (χ3v) is 6.55. The molecule has 5 rings (SSSR count). The van der Waals surface area contributed by atoms with Crippen LogP contribution in [0.2, 0.25) is 5.02 Å². The van der Waals surface area contributed by atoms with E-state index in [1.54, 1.807) is 30.3 Å². The molecular weight excluding hydrogens is 507 g/mol. The van der Waals surface area contributed by atoms with Gasteiger partial charge in [-0.05, 0) is 43.5 Å². The number of hydrogen-bond acceptors (Lipinski definition) is 4. The number of rotatable bonds is 8. The lowest BCUT2D eigenvalue weighted by Gasteiger charge is -2.22. The Labute approximate surface area is 216 Å². The molecule has 1 aromatic heterocycles. The molecule has 1 N–H and O–H groups in total. The standard InChI is InChI=1S/C28H23ClF3NO4/c29-20-7-4-8-23(35-11-12-37-24-9-1-2-10-36-24)25(20)18-6-3-5-17-19(15-33-27(17)18)28(34)16-13-21(30)26(32)22(31)14-16/h3-8,13-15,24,33H,1-2,9-12H2. The maximum absolute atomic E-state index is 13.7. The predicted molar refractivity (Wildman–Crippen MR) is 134 cm³/mol. The van der Waals surface area contributed by atoms with Gasteiger partial charge in [-0.25, -0.2) is 13.2 Å². The third-order valence-electron chi connectivity index (χ3n) is 6.23. The first-order valence-electron chi connectivity index (χ1n) is 11.9. The summed E-state index contributed by atoms with van der Waals surface area (Å²) < 4.78 is 58.2. The summed E-state index contributed by atoms with van der Waals surface area (Å²) >= 11 is 6.58.